The summed E-state index contributed by atoms with van der Waals surface area (Å²) in [6.07, 6.45) is 10.6. The summed E-state index contributed by atoms with van der Waals surface area (Å²) >= 11 is 0. The molecule has 2 rings (SSSR count). The van der Waals surface area contributed by atoms with Gasteiger partial charge in [-0.1, -0.05) is 40.0 Å². The van der Waals surface area contributed by atoms with Gasteiger partial charge in [0.15, 0.2) is 0 Å². The summed E-state index contributed by atoms with van der Waals surface area (Å²) in [6.45, 7) is 9.03. The minimum Gasteiger partial charge on any atom is -0.373 e. The first-order valence-corrected chi connectivity index (χ1v) is 8.51. The summed E-state index contributed by atoms with van der Waals surface area (Å²) in [5, 5.41) is 3.72. The highest BCUT2D eigenvalue weighted by atomic mass is 16.5. The van der Waals surface area contributed by atoms with E-state index in [1.54, 1.807) is 0 Å². The summed E-state index contributed by atoms with van der Waals surface area (Å²) in [4.78, 5) is 0. The summed E-state index contributed by atoms with van der Waals surface area (Å²) in [5.74, 6) is 1.54. The van der Waals surface area contributed by atoms with Gasteiger partial charge in [0.05, 0.1) is 5.60 Å². The lowest BCUT2D eigenvalue weighted by Crippen LogP contribution is -2.47. The van der Waals surface area contributed by atoms with Gasteiger partial charge in [-0.05, 0) is 43.9 Å². The zero-order valence-electron chi connectivity index (χ0n) is 13.2. The van der Waals surface area contributed by atoms with Crippen molar-refractivity contribution in [1.82, 2.24) is 5.32 Å². The van der Waals surface area contributed by atoms with Crippen LogP contribution in [0, 0.1) is 11.8 Å². The van der Waals surface area contributed by atoms with Gasteiger partial charge in [0.1, 0.15) is 0 Å². The van der Waals surface area contributed by atoms with Gasteiger partial charge in [-0.2, -0.15) is 0 Å². The zero-order chi connectivity index (χ0) is 13.7. The Bertz CT molecular complexity index is 264. The highest BCUT2D eigenvalue weighted by Gasteiger charge is 2.37. The Labute approximate surface area is 119 Å². The molecule has 0 saturated heterocycles. The molecule has 0 aliphatic heterocycles. The fraction of sp³-hybridized carbons (Fsp3) is 1.00. The maximum absolute atomic E-state index is 6.47. The van der Waals surface area contributed by atoms with Crippen molar-refractivity contribution < 1.29 is 4.74 Å². The zero-order valence-corrected chi connectivity index (χ0v) is 13.2. The Morgan fingerprint density at radius 3 is 2.74 bits per heavy atom. The molecule has 0 bridgehead atoms. The average molecular weight is 267 g/mol. The highest BCUT2D eigenvalue weighted by Crippen LogP contribution is 2.36. The molecular formula is C17H33NO. The van der Waals surface area contributed by atoms with Crippen LogP contribution >= 0.6 is 0 Å². The Kier molecular flexibility index (Phi) is 5.70. The topological polar surface area (TPSA) is 21.3 Å². The number of rotatable bonds is 8. The van der Waals surface area contributed by atoms with E-state index in [-0.39, 0.29) is 5.60 Å². The molecule has 0 aromatic heterocycles. The summed E-state index contributed by atoms with van der Waals surface area (Å²) < 4.78 is 6.47. The largest absolute Gasteiger partial charge is 0.373 e. The van der Waals surface area contributed by atoms with Gasteiger partial charge in [-0.25, -0.2) is 0 Å². The van der Waals surface area contributed by atoms with Crippen molar-refractivity contribution in [2.24, 2.45) is 11.8 Å². The Hall–Kier alpha value is -0.0800. The summed E-state index contributed by atoms with van der Waals surface area (Å²) in [6, 6.07) is 0.797. The third kappa shape index (κ3) is 5.07. The van der Waals surface area contributed by atoms with Gasteiger partial charge in [-0.15, -0.1) is 0 Å². The second-order valence-corrected chi connectivity index (χ2v) is 7.24. The maximum atomic E-state index is 6.47. The van der Waals surface area contributed by atoms with E-state index in [4.69, 9.17) is 4.74 Å². The molecule has 2 fully saturated rings. The molecule has 2 nitrogen and oxygen atoms in total. The molecule has 0 radical (unpaired) electrons. The number of hydrogen-bond acceptors (Lipinski definition) is 2. The van der Waals surface area contributed by atoms with Crippen LogP contribution in [0.5, 0.6) is 0 Å². The van der Waals surface area contributed by atoms with Crippen LogP contribution in [0.25, 0.3) is 0 Å². The van der Waals surface area contributed by atoms with E-state index in [0.29, 0.717) is 5.92 Å². The van der Waals surface area contributed by atoms with Crippen LogP contribution in [0.4, 0.5) is 0 Å². The van der Waals surface area contributed by atoms with Gasteiger partial charge in [0.25, 0.3) is 0 Å². The van der Waals surface area contributed by atoms with Gasteiger partial charge in [0, 0.05) is 19.2 Å². The number of hydrogen-bond donors (Lipinski definition) is 1. The standard InChI is InChI=1S/C17H33NO/c1-4-6-15(3)12-19-17(13-18-16-8-9-16)10-5-7-14(2)11-17/h14-16,18H,4-13H2,1-3H3. The Morgan fingerprint density at radius 2 is 2.11 bits per heavy atom. The first kappa shape index (κ1) is 15.3. The first-order chi connectivity index (χ1) is 9.13. The predicted molar refractivity (Wildman–Crippen MR) is 81.4 cm³/mol. The van der Waals surface area contributed by atoms with Crippen LogP contribution in [0.2, 0.25) is 0 Å². The maximum Gasteiger partial charge on any atom is 0.0809 e. The van der Waals surface area contributed by atoms with Crippen LogP contribution in [-0.4, -0.2) is 24.8 Å². The van der Waals surface area contributed by atoms with Gasteiger partial charge < -0.3 is 10.1 Å². The normalized spacial score (nSPS) is 33.3. The fourth-order valence-electron chi connectivity index (χ4n) is 3.47. The first-order valence-electron chi connectivity index (χ1n) is 8.51. The molecule has 0 spiro atoms. The van der Waals surface area contributed by atoms with E-state index < -0.39 is 0 Å². The lowest BCUT2D eigenvalue weighted by atomic mass is 9.78. The quantitative estimate of drug-likeness (QED) is 0.713. The van der Waals surface area contributed by atoms with E-state index in [1.165, 1.54) is 51.4 Å². The van der Waals surface area contributed by atoms with Crippen molar-refractivity contribution in [2.45, 2.75) is 83.8 Å². The monoisotopic (exact) mass is 267 g/mol. The molecule has 2 heteroatoms. The second-order valence-electron chi connectivity index (χ2n) is 7.24. The van der Waals surface area contributed by atoms with Gasteiger partial charge >= 0.3 is 0 Å². The molecule has 2 aliphatic carbocycles. The molecule has 3 unspecified atom stereocenters. The minimum absolute atomic E-state index is 0.141. The number of ether oxygens (including phenoxy) is 1. The molecule has 19 heavy (non-hydrogen) atoms. The molecular weight excluding hydrogens is 234 g/mol. The third-order valence-electron chi connectivity index (χ3n) is 4.80. The molecule has 2 saturated carbocycles. The van der Waals surface area contributed by atoms with Crippen molar-refractivity contribution in [3.63, 3.8) is 0 Å². The van der Waals surface area contributed by atoms with E-state index in [1.807, 2.05) is 0 Å². The molecule has 112 valence electrons. The van der Waals surface area contributed by atoms with Crippen LogP contribution in [0.15, 0.2) is 0 Å². The second kappa shape index (κ2) is 7.08. The van der Waals surface area contributed by atoms with E-state index in [9.17, 15) is 0 Å². The molecule has 0 aromatic carbocycles. The molecule has 0 aromatic rings. The van der Waals surface area contributed by atoms with E-state index in [0.717, 1.165) is 25.1 Å². The number of nitrogens with one attached hydrogen (secondary N) is 1. The molecule has 1 N–H and O–H groups in total. The van der Waals surface area contributed by atoms with Crippen LogP contribution < -0.4 is 5.32 Å². The van der Waals surface area contributed by atoms with Gasteiger partial charge in [0.2, 0.25) is 0 Å². The smallest absolute Gasteiger partial charge is 0.0809 e. The van der Waals surface area contributed by atoms with Gasteiger partial charge in [-0.3, -0.25) is 0 Å². The predicted octanol–water partition coefficient (Wildman–Crippen LogP) is 4.14. The van der Waals surface area contributed by atoms with Crippen molar-refractivity contribution in [3.8, 4) is 0 Å². The van der Waals surface area contributed by atoms with Crippen molar-refractivity contribution in [2.75, 3.05) is 13.2 Å². The lowest BCUT2D eigenvalue weighted by Gasteiger charge is -2.41. The molecule has 2 aliphatic rings. The average Bonchev–Trinajstić information content (AvgIpc) is 3.19. The third-order valence-corrected chi connectivity index (χ3v) is 4.80. The Balaban J connectivity index is 1.84. The van der Waals surface area contributed by atoms with Crippen molar-refractivity contribution >= 4 is 0 Å². The van der Waals surface area contributed by atoms with E-state index >= 15 is 0 Å². The summed E-state index contributed by atoms with van der Waals surface area (Å²) in [5.41, 5.74) is 0.141. The lowest BCUT2D eigenvalue weighted by molar-refractivity contribution is -0.0907. The fourth-order valence-corrected chi connectivity index (χ4v) is 3.47. The summed E-state index contributed by atoms with van der Waals surface area (Å²) in [7, 11) is 0. The van der Waals surface area contributed by atoms with Crippen LogP contribution in [0.3, 0.4) is 0 Å². The molecule has 0 amide bonds. The van der Waals surface area contributed by atoms with E-state index in [2.05, 4.69) is 26.1 Å². The van der Waals surface area contributed by atoms with Crippen LogP contribution in [0.1, 0.15) is 72.1 Å². The minimum atomic E-state index is 0.141. The molecule has 0 heterocycles. The highest BCUT2D eigenvalue weighted by molar-refractivity contribution is 4.92. The van der Waals surface area contributed by atoms with Crippen molar-refractivity contribution in [3.05, 3.63) is 0 Å². The SMILES string of the molecule is CCCC(C)COC1(CNC2CC2)CCCC(C)C1. The Morgan fingerprint density at radius 1 is 1.32 bits per heavy atom. The van der Waals surface area contributed by atoms with Crippen LogP contribution in [-0.2, 0) is 4.74 Å². The van der Waals surface area contributed by atoms with Crippen molar-refractivity contribution in [1.29, 1.82) is 0 Å². The molecule has 3 atom stereocenters.